The molecule has 5 aromatic rings. The lowest BCUT2D eigenvalue weighted by Crippen LogP contribution is -2.48. The average molecular weight is 552 g/mol. The van der Waals surface area contributed by atoms with E-state index in [-0.39, 0.29) is 11.9 Å². The first kappa shape index (κ1) is 25.1. The quantitative estimate of drug-likeness (QED) is 0.308. The average Bonchev–Trinajstić information content (AvgIpc) is 3.76. The number of fused-ring (bicyclic) bond motifs is 2. The summed E-state index contributed by atoms with van der Waals surface area (Å²) in [6, 6.07) is 5.44. The number of hydrogen-bond acceptors (Lipinski definition) is 8. The van der Waals surface area contributed by atoms with Crippen molar-refractivity contribution in [1.82, 2.24) is 49.8 Å². The van der Waals surface area contributed by atoms with Gasteiger partial charge in [-0.3, -0.25) is 14.9 Å². The van der Waals surface area contributed by atoms with Crippen LogP contribution in [0.25, 0.3) is 44.8 Å². The lowest BCUT2D eigenvalue weighted by Gasteiger charge is -2.32. The number of aromatic nitrogens is 7. The van der Waals surface area contributed by atoms with Gasteiger partial charge in [-0.1, -0.05) is 0 Å². The Kier molecular flexibility index (Phi) is 6.27. The number of carbonyl (C=O) groups is 2. The number of piperazine rings is 1. The number of aromatic amines is 2. The fourth-order valence-corrected chi connectivity index (χ4v) is 5.41. The van der Waals surface area contributed by atoms with Crippen LogP contribution in [-0.4, -0.2) is 108 Å². The van der Waals surface area contributed by atoms with Gasteiger partial charge in [0.05, 0.1) is 28.4 Å². The van der Waals surface area contributed by atoms with Crippen molar-refractivity contribution >= 4 is 39.8 Å². The number of pyridine rings is 3. The molecule has 0 spiro atoms. The maximum atomic E-state index is 13.2. The third-order valence-corrected chi connectivity index (χ3v) is 7.78. The molecule has 0 unspecified atom stereocenters. The highest BCUT2D eigenvalue weighted by molar-refractivity contribution is 6.05. The molecule has 13 heteroatoms. The molecule has 13 nitrogen and oxygen atoms in total. The monoisotopic (exact) mass is 551 g/mol. The third kappa shape index (κ3) is 4.73. The van der Waals surface area contributed by atoms with Crippen LogP contribution in [0.15, 0.2) is 43.0 Å². The molecule has 0 atom stereocenters. The third-order valence-electron chi connectivity index (χ3n) is 7.78. The van der Waals surface area contributed by atoms with Gasteiger partial charge < -0.3 is 25.0 Å². The predicted octanol–water partition coefficient (Wildman–Crippen LogP) is 2.97. The Morgan fingerprint density at radius 1 is 0.902 bits per heavy atom. The molecule has 3 N–H and O–H groups in total. The molecule has 0 radical (unpaired) electrons. The molecule has 2 saturated heterocycles. The van der Waals surface area contributed by atoms with Crippen molar-refractivity contribution in [2.75, 3.05) is 51.6 Å². The highest BCUT2D eigenvalue weighted by Gasteiger charge is 2.24. The van der Waals surface area contributed by atoms with Crippen LogP contribution in [-0.2, 0) is 0 Å². The number of nitrogens with one attached hydrogen (secondary N) is 3. The van der Waals surface area contributed by atoms with E-state index in [4.69, 9.17) is 0 Å². The molecule has 0 aromatic carbocycles. The smallest absolute Gasteiger partial charge is 0.321 e. The second kappa shape index (κ2) is 10.2. The molecule has 2 aliphatic heterocycles. The highest BCUT2D eigenvalue weighted by Crippen LogP contribution is 2.30. The first-order valence-corrected chi connectivity index (χ1v) is 13.7. The summed E-state index contributed by atoms with van der Waals surface area (Å²) in [6.45, 7) is 4.59. The van der Waals surface area contributed by atoms with E-state index in [1.165, 1.54) is 0 Å². The first-order chi connectivity index (χ1) is 20.0. The number of amides is 3. The van der Waals surface area contributed by atoms with Crippen molar-refractivity contribution in [3.63, 3.8) is 0 Å². The maximum absolute atomic E-state index is 13.2. The number of hydrogen-bond donors (Lipinski definition) is 3. The number of likely N-dealkylation sites (N-methyl/N-ethyl adjacent to an activating group) is 1. The molecule has 208 valence electrons. The molecular weight excluding hydrogens is 522 g/mol. The molecular formula is C28H29N11O2. The number of rotatable bonds is 4. The highest BCUT2D eigenvalue weighted by atomic mass is 16.2. The Hall–Kier alpha value is -4.91. The van der Waals surface area contributed by atoms with Gasteiger partial charge in [0, 0.05) is 69.0 Å². The zero-order valence-corrected chi connectivity index (χ0v) is 22.6. The summed E-state index contributed by atoms with van der Waals surface area (Å²) in [5, 5.41) is 11.1. The Balaban J connectivity index is 1.18. The molecule has 0 saturated carbocycles. The standard InChI is InChI=1S/C28H29N11O2/c1-37-8-10-39(11-9-37)28(41)32-19-12-17(14-29-16-19)18-13-21-23(35-36-24(21)31-15-18)26-33-22-20(4-5-30-25(22)34-26)27(40)38-6-2-3-7-38/h4-5,12-16H,2-3,6-11H2,1H3,(H,32,41)(H,30,33,34)(H,31,35,36). The van der Waals surface area contributed by atoms with Crippen LogP contribution in [0.5, 0.6) is 0 Å². The van der Waals surface area contributed by atoms with Crippen molar-refractivity contribution in [2.45, 2.75) is 12.8 Å². The number of H-pyrrole nitrogens is 2. The first-order valence-electron chi connectivity index (χ1n) is 13.7. The number of nitrogens with zero attached hydrogens (tertiary/aromatic N) is 8. The summed E-state index contributed by atoms with van der Waals surface area (Å²) >= 11 is 0. The van der Waals surface area contributed by atoms with Crippen molar-refractivity contribution < 1.29 is 9.59 Å². The summed E-state index contributed by atoms with van der Waals surface area (Å²) < 4.78 is 0. The van der Waals surface area contributed by atoms with Gasteiger partial charge in [-0.15, -0.1) is 0 Å². The second-order valence-electron chi connectivity index (χ2n) is 10.5. The molecule has 7 rings (SSSR count). The summed E-state index contributed by atoms with van der Waals surface area (Å²) in [7, 11) is 2.05. The molecule has 5 aromatic heterocycles. The van der Waals surface area contributed by atoms with E-state index in [0.717, 1.165) is 55.5 Å². The molecule has 7 heterocycles. The van der Waals surface area contributed by atoms with Gasteiger partial charge >= 0.3 is 6.03 Å². The van der Waals surface area contributed by atoms with Crippen LogP contribution in [0, 0.1) is 0 Å². The van der Waals surface area contributed by atoms with E-state index < -0.39 is 0 Å². The molecule has 2 aliphatic rings. The van der Waals surface area contributed by atoms with Gasteiger partial charge in [-0.25, -0.2) is 19.7 Å². The second-order valence-corrected chi connectivity index (χ2v) is 10.5. The fourth-order valence-electron chi connectivity index (χ4n) is 5.41. The lowest BCUT2D eigenvalue weighted by molar-refractivity contribution is 0.0794. The minimum absolute atomic E-state index is 0.0179. The lowest BCUT2D eigenvalue weighted by atomic mass is 10.1. The van der Waals surface area contributed by atoms with Crippen LogP contribution in [0.1, 0.15) is 23.2 Å². The summed E-state index contributed by atoms with van der Waals surface area (Å²) in [4.78, 5) is 53.1. The Morgan fingerprint density at radius 2 is 1.71 bits per heavy atom. The summed E-state index contributed by atoms with van der Waals surface area (Å²) in [5.41, 5.74) is 4.99. The number of anilines is 1. The number of carbonyl (C=O) groups excluding carboxylic acids is 2. The predicted molar refractivity (Wildman–Crippen MR) is 153 cm³/mol. The topological polar surface area (TPSA) is 152 Å². The maximum Gasteiger partial charge on any atom is 0.321 e. The van der Waals surface area contributed by atoms with E-state index in [1.54, 1.807) is 30.9 Å². The van der Waals surface area contributed by atoms with Crippen molar-refractivity contribution in [2.24, 2.45) is 0 Å². The number of urea groups is 1. The molecule has 0 aliphatic carbocycles. The Labute approximate surface area is 235 Å². The summed E-state index contributed by atoms with van der Waals surface area (Å²) in [6.07, 6.45) is 8.74. The normalized spacial score (nSPS) is 16.1. The number of imidazole rings is 1. The van der Waals surface area contributed by atoms with E-state index in [0.29, 0.717) is 52.7 Å². The zero-order chi connectivity index (χ0) is 27.9. The largest absolute Gasteiger partial charge is 0.339 e. The van der Waals surface area contributed by atoms with Crippen LogP contribution < -0.4 is 5.32 Å². The molecule has 41 heavy (non-hydrogen) atoms. The summed E-state index contributed by atoms with van der Waals surface area (Å²) in [5.74, 6) is 0.498. The van der Waals surface area contributed by atoms with Crippen LogP contribution in [0.2, 0.25) is 0 Å². The van der Waals surface area contributed by atoms with Crippen LogP contribution >= 0.6 is 0 Å². The van der Waals surface area contributed by atoms with E-state index >= 15 is 0 Å². The molecule has 2 fully saturated rings. The molecule has 3 amide bonds. The Bertz CT molecular complexity index is 1760. The number of likely N-dealkylation sites (tertiary alicyclic amines) is 1. The van der Waals surface area contributed by atoms with Crippen LogP contribution in [0.4, 0.5) is 10.5 Å². The van der Waals surface area contributed by atoms with E-state index in [2.05, 4.69) is 52.4 Å². The van der Waals surface area contributed by atoms with Crippen LogP contribution in [0.3, 0.4) is 0 Å². The van der Waals surface area contributed by atoms with Crippen molar-refractivity contribution in [3.05, 3.63) is 48.5 Å². The Morgan fingerprint density at radius 3 is 2.54 bits per heavy atom. The van der Waals surface area contributed by atoms with E-state index in [9.17, 15) is 9.59 Å². The van der Waals surface area contributed by atoms with Gasteiger partial charge in [0.2, 0.25) is 0 Å². The van der Waals surface area contributed by atoms with Gasteiger partial charge in [0.15, 0.2) is 17.1 Å². The van der Waals surface area contributed by atoms with Crippen molar-refractivity contribution in [1.29, 1.82) is 0 Å². The zero-order valence-electron chi connectivity index (χ0n) is 22.6. The van der Waals surface area contributed by atoms with E-state index in [1.807, 2.05) is 21.9 Å². The molecule has 0 bridgehead atoms. The fraction of sp³-hybridized carbons (Fsp3) is 0.321. The van der Waals surface area contributed by atoms with Crippen molar-refractivity contribution in [3.8, 4) is 22.6 Å². The minimum Gasteiger partial charge on any atom is -0.339 e. The van der Waals surface area contributed by atoms with Gasteiger partial charge in [0.1, 0.15) is 5.69 Å². The van der Waals surface area contributed by atoms with Gasteiger partial charge in [-0.05, 0) is 38.1 Å². The van der Waals surface area contributed by atoms with Gasteiger partial charge in [-0.2, -0.15) is 5.10 Å². The van der Waals surface area contributed by atoms with Gasteiger partial charge in [0.25, 0.3) is 5.91 Å². The minimum atomic E-state index is -0.135. The SMILES string of the molecule is CN1CCN(C(=O)Nc2cncc(-c3cnc4n[nH]c(-c5nc6nccc(C(=O)N7CCCC7)c6[nH]5)c4c3)c2)CC1.